The summed E-state index contributed by atoms with van der Waals surface area (Å²) in [7, 11) is 0. The summed E-state index contributed by atoms with van der Waals surface area (Å²) in [6.45, 7) is 11.8. The lowest BCUT2D eigenvalue weighted by Crippen LogP contribution is -2.48. The number of hydrogen-bond acceptors (Lipinski definition) is 5. The second kappa shape index (κ2) is 10.9. The van der Waals surface area contributed by atoms with Gasteiger partial charge in [0.05, 0.1) is 0 Å². The first-order chi connectivity index (χ1) is 20.0. The number of carbonyl (C=O) groups is 1. The highest BCUT2D eigenvalue weighted by molar-refractivity contribution is 5.94. The van der Waals surface area contributed by atoms with Gasteiger partial charge in [-0.15, -0.1) is 0 Å². The van der Waals surface area contributed by atoms with Crippen LogP contribution in [-0.2, 0) is 6.54 Å². The van der Waals surface area contributed by atoms with Crippen molar-refractivity contribution in [3.8, 4) is 0 Å². The third-order valence-electron chi connectivity index (χ3n) is 9.32. The third-order valence-corrected chi connectivity index (χ3v) is 9.32. The second-order valence-electron chi connectivity index (χ2n) is 12.1. The fraction of sp³-hybridized carbons (Fsp3) is 0.371. The van der Waals surface area contributed by atoms with Crippen molar-refractivity contribution >= 4 is 17.2 Å². The van der Waals surface area contributed by atoms with Gasteiger partial charge in [0.1, 0.15) is 0 Å². The smallest absolute Gasteiger partial charge is 0.253 e. The summed E-state index contributed by atoms with van der Waals surface area (Å²) < 4.78 is 0. The molecule has 1 amide bonds. The van der Waals surface area contributed by atoms with Crippen molar-refractivity contribution in [2.45, 2.75) is 51.1 Å². The van der Waals surface area contributed by atoms with Gasteiger partial charge in [0, 0.05) is 79.8 Å². The molecule has 0 bridgehead atoms. The lowest BCUT2D eigenvalue weighted by Gasteiger charge is -2.35. The van der Waals surface area contributed by atoms with Crippen LogP contribution in [0.1, 0.15) is 86.9 Å². The molecule has 1 aliphatic carbocycles. The minimum atomic E-state index is 0.155. The van der Waals surface area contributed by atoms with E-state index in [-0.39, 0.29) is 5.91 Å². The van der Waals surface area contributed by atoms with Gasteiger partial charge in [0.15, 0.2) is 0 Å². The molecular weight excluding hydrogens is 506 g/mol. The predicted octanol–water partition coefficient (Wildman–Crippen LogP) is 5.61. The molecule has 6 nitrogen and oxygen atoms in total. The molecule has 1 atom stereocenters. The van der Waals surface area contributed by atoms with Crippen molar-refractivity contribution in [2.75, 3.05) is 32.7 Å². The second-order valence-corrected chi connectivity index (χ2v) is 12.1. The van der Waals surface area contributed by atoms with Gasteiger partial charge in [0.2, 0.25) is 0 Å². The summed E-state index contributed by atoms with van der Waals surface area (Å²) in [6.07, 6.45) is 10.8. The molecule has 41 heavy (non-hydrogen) atoms. The molecule has 6 heteroatoms. The molecule has 1 unspecified atom stereocenters. The number of fused-ring (bicyclic) bond motifs is 1. The molecule has 3 aliphatic heterocycles. The Bertz CT molecular complexity index is 1510. The number of amides is 1. The summed E-state index contributed by atoms with van der Waals surface area (Å²) in [5.41, 5.74) is 12.0. The first-order valence-corrected chi connectivity index (χ1v) is 15.1. The van der Waals surface area contributed by atoms with Crippen LogP contribution in [0.2, 0.25) is 0 Å². The summed E-state index contributed by atoms with van der Waals surface area (Å²) in [5.74, 6) is 0.806. The molecule has 2 aromatic carbocycles. The molecule has 3 fully saturated rings. The van der Waals surface area contributed by atoms with Crippen molar-refractivity contribution in [1.29, 1.82) is 0 Å². The Morgan fingerprint density at radius 2 is 1.83 bits per heavy atom. The molecule has 2 saturated heterocycles. The summed E-state index contributed by atoms with van der Waals surface area (Å²) in [4.78, 5) is 22.1. The number of aryl methyl sites for hydroxylation is 1. The van der Waals surface area contributed by atoms with E-state index in [1.54, 1.807) is 0 Å². The molecule has 2 N–H and O–H groups in total. The molecule has 4 aliphatic rings. The standard InChI is InChI=1S/C35H39N5O/c1-23-18-28(32-21-38-24(2)31-20-36-13-11-29(31)32)19-30(25-5-6-25)33(23)22-39-14-16-40(17-15-39)35(41)27-9-7-26(8-10-27)34-4-3-12-37-34/h7-11,13,18-21,25,34,37-38H,2-6,12,14-17,22H2,1H3. The minimum Gasteiger partial charge on any atom is -0.361 e. The fourth-order valence-electron chi connectivity index (χ4n) is 6.74. The molecule has 4 heterocycles. The Labute approximate surface area is 243 Å². The Morgan fingerprint density at radius 1 is 1.02 bits per heavy atom. The van der Waals surface area contributed by atoms with Crippen LogP contribution in [-0.4, -0.2) is 53.4 Å². The van der Waals surface area contributed by atoms with E-state index >= 15 is 0 Å². The molecule has 1 saturated carbocycles. The Kier molecular flexibility index (Phi) is 6.97. The molecule has 7 rings (SSSR count). The van der Waals surface area contributed by atoms with Crippen molar-refractivity contribution in [3.05, 3.63) is 112 Å². The number of hydrogen-bond donors (Lipinski definition) is 2. The van der Waals surface area contributed by atoms with Crippen molar-refractivity contribution in [3.63, 3.8) is 0 Å². The number of aromatic nitrogens is 1. The number of nitrogens with zero attached hydrogens (tertiary/aromatic N) is 3. The fourth-order valence-corrected chi connectivity index (χ4v) is 6.74. The lowest BCUT2D eigenvalue weighted by atomic mass is 9.87. The van der Waals surface area contributed by atoms with Crippen LogP contribution in [0.25, 0.3) is 11.3 Å². The van der Waals surface area contributed by atoms with Gasteiger partial charge in [-0.3, -0.25) is 14.7 Å². The first-order valence-electron chi connectivity index (χ1n) is 15.1. The van der Waals surface area contributed by atoms with Gasteiger partial charge in [-0.2, -0.15) is 0 Å². The van der Waals surface area contributed by atoms with Crippen LogP contribution >= 0.6 is 0 Å². The zero-order chi connectivity index (χ0) is 27.9. The molecular formula is C35H39N5O. The normalized spacial score (nSPS) is 20.9. The van der Waals surface area contributed by atoms with Gasteiger partial charge < -0.3 is 15.5 Å². The maximum atomic E-state index is 13.3. The van der Waals surface area contributed by atoms with Crippen molar-refractivity contribution < 1.29 is 4.79 Å². The van der Waals surface area contributed by atoms with Gasteiger partial charge >= 0.3 is 0 Å². The highest BCUT2D eigenvalue weighted by Gasteiger charge is 2.30. The SMILES string of the molecule is C=C1NC=C(c2cc(C)c(CN3CCN(C(=O)c4ccc(C5CCCN5)cc4)CC3)c(C3CC3)c2)c2ccncc21. The summed E-state index contributed by atoms with van der Waals surface area (Å²) >= 11 is 0. The van der Waals surface area contributed by atoms with Crippen LogP contribution in [0, 0.1) is 6.92 Å². The monoisotopic (exact) mass is 545 g/mol. The van der Waals surface area contributed by atoms with E-state index in [9.17, 15) is 4.79 Å². The van der Waals surface area contributed by atoms with Gasteiger partial charge in [-0.1, -0.05) is 30.8 Å². The van der Waals surface area contributed by atoms with E-state index in [1.807, 2.05) is 29.4 Å². The van der Waals surface area contributed by atoms with Crippen LogP contribution in [0.4, 0.5) is 0 Å². The number of rotatable bonds is 6. The van der Waals surface area contributed by atoms with E-state index in [0.717, 1.165) is 56.1 Å². The Morgan fingerprint density at radius 3 is 2.56 bits per heavy atom. The highest BCUT2D eigenvalue weighted by atomic mass is 16.2. The van der Waals surface area contributed by atoms with Crippen molar-refractivity contribution in [2.24, 2.45) is 0 Å². The molecule has 210 valence electrons. The number of benzene rings is 2. The molecule has 1 aromatic heterocycles. The zero-order valence-corrected chi connectivity index (χ0v) is 24.0. The van der Waals surface area contributed by atoms with Crippen LogP contribution in [0.5, 0.6) is 0 Å². The average Bonchev–Trinajstić information content (AvgIpc) is 3.71. The first kappa shape index (κ1) is 26.2. The lowest BCUT2D eigenvalue weighted by molar-refractivity contribution is 0.0628. The molecule has 0 spiro atoms. The topological polar surface area (TPSA) is 60.5 Å². The maximum absolute atomic E-state index is 13.3. The quantitative estimate of drug-likeness (QED) is 0.422. The number of piperazine rings is 1. The van der Waals surface area contributed by atoms with Crippen LogP contribution < -0.4 is 10.6 Å². The minimum absolute atomic E-state index is 0.155. The highest BCUT2D eigenvalue weighted by Crippen LogP contribution is 2.44. The number of carbonyl (C=O) groups excluding carboxylic acids is 1. The summed E-state index contributed by atoms with van der Waals surface area (Å²) in [6, 6.07) is 15.6. The largest absolute Gasteiger partial charge is 0.361 e. The van der Waals surface area contributed by atoms with E-state index in [4.69, 9.17) is 0 Å². The zero-order valence-electron chi connectivity index (χ0n) is 24.0. The number of pyridine rings is 1. The predicted molar refractivity (Wildman–Crippen MR) is 164 cm³/mol. The van der Waals surface area contributed by atoms with Gasteiger partial charge in [-0.05, 0) is 96.6 Å². The van der Waals surface area contributed by atoms with E-state index < -0.39 is 0 Å². The van der Waals surface area contributed by atoms with E-state index in [2.05, 4.69) is 70.6 Å². The maximum Gasteiger partial charge on any atom is 0.253 e. The molecule has 3 aromatic rings. The van der Waals surface area contributed by atoms with Crippen LogP contribution in [0.15, 0.2) is 67.6 Å². The summed E-state index contributed by atoms with van der Waals surface area (Å²) in [5, 5.41) is 6.89. The Hall–Kier alpha value is -3.74. The van der Waals surface area contributed by atoms with Crippen molar-refractivity contribution in [1.82, 2.24) is 25.4 Å². The van der Waals surface area contributed by atoms with Crippen LogP contribution in [0.3, 0.4) is 0 Å². The van der Waals surface area contributed by atoms with E-state index in [0.29, 0.717) is 12.0 Å². The third kappa shape index (κ3) is 5.22. The Balaban J connectivity index is 1.04. The number of nitrogens with one attached hydrogen (secondary N) is 2. The van der Waals surface area contributed by atoms with Gasteiger partial charge in [-0.25, -0.2) is 0 Å². The van der Waals surface area contributed by atoms with E-state index in [1.165, 1.54) is 64.6 Å². The molecule has 0 radical (unpaired) electrons. The van der Waals surface area contributed by atoms with Gasteiger partial charge in [0.25, 0.3) is 5.91 Å². The average molecular weight is 546 g/mol.